The molecule has 7 heteroatoms. The van der Waals surface area contributed by atoms with E-state index in [1.807, 2.05) is 0 Å². The lowest BCUT2D eigenvalue weighted by atomic mass is 9.91. The van der Waals surface area contributed by atoms with E-state index >= 15 is 0 Å². The number of halogens is 2. The van der Waals surface area contributed by atoms with Gasteiger partial charge in [-0.25, -0.2) is 4.39 Å². The minimum Gasteiger partial charge on any atom is -0.384 e. The van der Waals surface area contributed by atoms with Crippen LogP contribution >= 0.6 is 23.5 Å². The second-order valence-corrected chi connectivity index (χ2v) is 7.11. The average molecular weight is 361 g/mol. The molecular weight excluding hydrogens is 335 g/mol. The first-order valence-electron chi connectivity index (χ1n) is 8.20. The Morgan fingerprint density at radius 2 is 1.96 bits per heavy atom. The average Bonchev–Trinajstić information content (AvgIpc) is 2.55. The van der Waals surface area contributed by atoms with E-state index in [-0.39, 0.29) is 5.82 Å². The molecule has 4 nitrogen and oxygen atoms in total. The summed E-state index contributed by atoms with van der Waals surface area (Å²) in [6, 6.07) is 3.70. The molecule has 23 heavy (non-hydrogen) atoms. The van der Waals surface area contributed by atoms with Crippen LogP contribution in [0.5, 0.6) is 0 Å². The van der Waals surface area contributed by atoms with Crippen molar-refractivity contribution in [2.45, 2.75) is 55.5 Å². The summed E-state index contributed by atoms with van der Waals surface area (Å²) in [4.78, 5) is 0.355. The molecule has 1 aliphatic carbocycles. The first-order chi connectivity index (χ1) is 11.1. The van der Waals surface area contributed by atoms with Crippen LogP contribution in [0.1, 0.15) is 38.5 Å². The first kappa shape index (κ1) is 18.8. The first-order valence-corrected chi connectivity index (χ1v) is 9.46. The van der Waals surface area contributed by atoms with Gasteiger partial charge >= 0.3 is 0 Å². The molecule has 2 rings (SSSR count). The van der Waals surface area contributed by atoms with E-state index in [2.05, 4.69) is 10.6 Å². The number of anilines is 1. The van der Waals surface area contributed by atoms with Gasteiger partial charge in [-0.05, 0) is 56.3 Å². The van der Waals surface area contributed by atoms with Gasteiger partial charge < -0.3 is 16.4 Å². The topological polar surface area (TPSA) is 76.1 Å². The van der Waals surface area contributed by atoms with Gasteiger partial charge in [0.05, 0.1) is 15.6 Å². The highest BCUT2D eigenvalue weighted by Crippen LogP contribution is 2.29. The zero-order chi connectivity index (χ0) is 16.7. The van der Waals surface area contributed by atoms with Crippen molar-refractivity contribution < 1.29 is 4.39 Å². The molecule has 2 atom stereocenters. The van der Waals surface area contributed by atoms with E-state index in [4.69, 9.17) is 22.5 Å². The van der Waals surface area contributed by atoms with Crippen LogP contribution in [0.2, 0.25) is 5.02 Å². The normalized spacial score (nSPS) is 21.4. The lowest BCUT2D eigenvalue weighted by Gasteiger charge is -2.29. The molecule has 0 saturated heterocycles. The molecule has 0 heterocycles. The lowest BCUT2D eigenvalue weighted by Crippen LogP contribution is -2.47. The van der Waals surface area contributed by atoms with E-state index in [0.717, 1.165) is 44.3 Å². The van der Waals surface area contributed by atoms with Crippen molar-refractivity contribution in [1.29, 1.82) is 0 Å². The predicted molar refractivity (Wildman–Crippen MR) is 97.4 cm³/mol. The molecule has 1 fully saturated rings. The van der Waals surface area contributed by atoms with E-state index in [0.29, 0.717) is 27.7 Å². The molecule has 1 aliphatic rings. The molecule has 0 spiro atoms. The van der Waals surface area contributed by atoms with Crippen molar-refractivity contribution in [3.63, 3.8) is 0 Å². The predicted octanol–water partition coefficient (Wildman–Crippen LogP) is 3.50. The van der Waals surface area contributed by atoms with Crippen molar-refractivity contribution in [2.75, 3.05) is 18.4 Å². The molecule has 130 valence electrons. The molecule has 0 radical (unpaired) electrons. The summed E-state index contributed by atoms with van der Waals surface area (Å²) >= 11 is 6.97. The highest BCUT2D eigenvalue weighted by Gasteiger charge is 2.20. The van der Waals surface area contributed by atoms with Crippen molar-refractivity contribution in [3.05, 3.63) is 23.0 Å². The van der Waals surface area contributed by atoms with Gasteiger partial charge in [-0.2, -0.15) is 0 Å². The number of unbranched alkanes of at least 4 members (excludes halogenated alkanes) is 1. The maximum absolute atomic E-state index is 13.7. The third-order valence-electron chi connectivity index (χ3n) is 4.29. The highest BCUT2D eigenvalue weighted by molar-refractivity contribution is 7.97. The summed E-state index contributed by atoms with van der Waals surface area (Å²) in [7, 11) is 0. The van der Waals surface area contributed by atoms with Gasteiger partial charge in [0.15, 0.2) is 0 Å². The Kier molecular flexibility index (Phi) is 7.92. The number of hydrogen-bond acceptors (Lipinski definition) is 5. The molecule has 1 saturated carbocycles. The van der Waals surface area contributed by atoms with Crippen molar-refractivity contribution >= 4 is 29.2 Å². The third kappa shape index (κ3) is 5.80. The SMILES string of the molecule is NSc1cc(Cl)c(NCCCCN[C@@H]2CCCC[C@@H]2N)cc1F. The molecule has 0 aliphatic heterocycles. The molecule has 0 amide bonds. The van der Waals surface area contributed by atoms with Crippen LogP contribution < -0.4 is 21.5 Å². The lowest BCUT2D eigenvalue weighted by molar-refractivity contribution is 0.327. The van der Waals surface area contributed by atoms with E-state index < -0.39 is 0 Å². The second kappa shape index (κ2) is 9.69. The smallest absolute Gasteiger partial charge is 0.140 e. The molecule has 0 unspecified atom stereocenters. The number of nitrogens with two attached hydrogens (primary N) is 2. The Labute approximate surface area is 147 Å². The fourth-order valence-corrected chi connectivity index (χ4v) is 3.58. The molecule has 1 aromatic rings. The Balaban J connectivity index is 1.65. The van der Waals surface area contributed by atoms with E-state index in [1.165, 1.54) is 25.3 Å². The van der Waals surface area contributed by atoms with Crippen LogP contribution in [0, 0.1) is 5.82 Å². The summed E-state index contributed by atoms with van der Waals surface area (Å²) in [5.74, 6) is -0.350. The van der Waals surface area contributed by atoms with Crippen molar-refractivity contribution in [3.8, 4) is 0 Å². The molecule has 0 aromatic heterocycles. The van der Waals surface area contributed by atoms with Crippen LogP contribution in [-0.2, 0) is 0 Å². The highest BCUT2D eigenvalue weighted by atomic mass is 35.5. The van der Waals surface area contributed by atoms with Crippen molar-refractivity contribution in [1.82, 2.24) is 5.32 Å². The zero-order valence-electron chi connectivity index (χ0n) is 13.3. The fraction of sp³-hybridized carbons (Fsp3) is 0.625. The summed E-state index contributed by atoms with van der Waals surface area (Å²) in [5, 5.41) is 12.6. The van der Waals surface area contributed by atoms with Gasteiger partial charge in [0.2, 0.25) is 0 Å². The van der Waals surface area contributed by atoms with Crippen LogP contribution in [0.3, 0.4) is 0 Å². The van der Waals surface area contributed by atoms with Gasteiger partial charge in [-0.15, -0.1) is 0 Å². The number of nitrogens with one attached hydrogen (secondary N) is 2. The minimum absolute atomic E-state index is 0.294. The minimum atomic E-state index is -0.350. The third-order valence-corrected chi connectivity index (χ3v) is 5.17. The maximum atomic E-state index is 13.7. The molecular formula is C16H26ClFN4S. The Hall–Kier alpha value is -0.530. The Morgan fingerprint density at radius 3 is 2.70 bits per heavy atom. The van der Waals surface area contributed by atoms with Crippen molar-refractivity contribution in [2.24, 2.45) is 10.9 Å². The summed E-state index contributed by atoms with van der Waals surface area (Å²) in [5.41, 5.74) is 6.73. The van der Waals surface area contributed by atoms with Crippen LogP contribution in [0.4, 0.5) is 10.1 Å². The quantitative estimate of drug-likeness (QED) is 0.421. The molecule has 0 bridgehead atoms. The number of benzene rings is 1. The zero-order valence-corrected chi connectivity index (χ0v) is 14.9. The largest absolute Gasteiger partial charge is 0.384 e. The second-order valence-electron chi connectivity index (χ2n) is 6.02. The van der Waals surface area contributed by atoms with E-state index in [9.17, 15) is 4.39 Å². The van der Waals surface area contributed by atoms with Gasteiger partial charge in [0.1, 0.15) is 5.82 Å². The Morgan fingerprint density at radius 1 is 1.22 bits per heavy atom. The summed E-state index contributed by atoms with van der Waals surface area (Å²) in [6.07, 6.45) is 6.86. The monoisotopic (exact) mass is 360 g/mol. The maximum Gasteiger partial charge on any atom is 0.140 e. The van der Waals surface area contributed by atoms with Crippen LogP contribution in [0.25, 0.3) is 0 Å². The van der Waals surface area contributed by atoms with Gasteiger partial charge in [0.25, 0.3) is 0 Å². The number of hydrogen-bond donors (Lipinski definition) is 4. The van der Waals surface area contributed by atoms with Crippen LogP contribution in [-0.4, -0.2) is 25.2 Å². The van der Waals surface area contributed by atoms with Gasteiger partial charge in [-0.3, -0.25) is 5.14 Å². The summed E-state index contributed by atoms with van der Waals surface area (Å²) < 4.78 is 13.7. The Bertz CT molecular complexity index is 503. The number of rotatable bonds is 8. The summed E-state index contributed by atoms with van der Waals surface area (Å²) in [6.45, 7) is 1.72. The fourth-order valence-electron chi connectivity index (χ4n) is 2.93. The van der Waals surface area contributed by atoms with Gasteiger partial charge in [0, 0.05) is 18.6 Å². The molecule has 6 N–H and O–H groups in total. The molecule has 1 aromatic carbocycles. The van der Waals surface area contributed by atoms with Crippen LogP contribution in [0.15, 0.2) is 17.0 Å². The van der Waals surface area contributed by atoms with E-state index in [1.54, 1.807) is 6.07 Å². The standard InChI is InChI=1S/C16H26ClFN4S/c17-11-9-16(23-20)12(18)10-15(11)22-8-4-3-7-21-14-6-2-1-5-13(14)19/h9-10,13-14,21-22H,1-8,19-20H2/t13-,14+/m0/s1. The van der Waals surface area contributed by atoms with Gasteiger partial charge in [-0.1, -0.05) is 24.4 Å².